The van der Waals surface area contributed by atoms with Crippen LogP contribution in [-0.2, 0) is 14.4 Å². The van der Waals surface area contributed by atoms with Gasteiger partial charge in [-0.2, -0.15) is 0 Å². The number of carboxylic acids is 2. The van der Waals surface area contributed by atoms with Crippen LogP contribution in [0.3, 0.4) is 0 Å². The van der Waals surface area contributed by atoms with Crippen LogP contribution in [0.2, 0.25) is 0 Å². The number of aliphatic carboxylic acids is 2. The van der Waals surface area contributed by atoms with Gasteiger partial charge in [0.05, 0.1) is 6.04 Å². The first-order valence-electron chi connectivity index (χ1n) is 4.33. The van der Waals surface area contributed by atoms with E-state index in [4.69, 9.17) is 21.7 Å². The lowest BCUT2D eigenvalue weighted by Gasteiger charge is -2.10. The molecule has 0 unspecified atom stereocenters. The fourth-order valence-electron chi connectivity index (χ4n) is 0.895. The predicted molar refractivity (Wildman–Crippen MR) is 50.1 cm³/mol. The monoisotopic (exact) mass is 218 g/mol. The molecule has 0 aliphatic heterocycles. The summed E-state index contributed by atoms with van der Waals surface area (Å²) in [6.45, 7) is 0. The topological polar surface area (TPSA) is 144 Å². The average Bonchev–Trinajstić information content (AvgIpc) is 2.13. The minimum atomic E-state index is -1.28. The number of Topliss-reactive ketones (excluding diaryl/α,β-unsaturated/α-hetero) is 1. The molecule has 15 heavy (non-hydrogen) atoms. The highest BCUT2D eigenvalue weighted by atomic mass is 16.4. The van der Waals surface area contributed by atoms with E-state index in [0.29, 0.717) is 0 Å². The summed E-state index contributed by atoms with van der Waals surface area (Å²) in [7, 11) is 0. The molecule has 0 spiro atoms. The lowest BCUT2D eigenvalue weighted by Crippen LogP contribution is -2.39. The zero-order valence-electron chi connectivity index (χ0n) is 8.05. The molecule has 0 saturated carbocycles. The normalized spacial score (nSPS) is 14.3. The summed E-state index contributed by atoms with van der Waals surface area (Å²) in [4.78, 5) is 31.7. The lowest BCUT2D eigenvalue weighted by molar-refractivity contribution is -0.141. The molecule has 0 aromatic heterocycles. The van der Waals surface area contributed by atoms with Crippen molar-refractivity contribution >= 4 is 17.7 Å². The van der Waals surface area contributed by atoms with Crippen LogP contribution in [0.25, 0.3) is 0 Å². The first-order valence-corrected chi connectivity index (χ1v) is 4.33. The molecule has 0 aromatic carbocycles. The second-order valence-corrected chi connectivity index (χ2v) is 3.15. The van der Waals surface area contributed by atoms with E-state index in [2.05, 4.69) is 0 Å². The van der Waals surface area contributed by atoms with Gasteiger partial charge in [0.15, 0.2) is 5.78 Å². The van der Waals surface area contributed by atoms with E-state index in [-0.39, 0.29) is 19.3 Å². The van der Waals surface area contributed by atoms with E-state index < -0.39 is 29.8 Å². The fourth-order valence-corrected chi connectivity index (χ4v) is 0.895. The molecular formula is C8H14N2O5. The standard InChI is InChI=1S/C8H14N2O5/c9-4(1-2-7(12)13)6(11)3-5(10)8(14)15/h4-5H,1-3,9-10H2,(H,12,13)(H,14,15)/t4-,5-/m0/s1. The maximum Gasteiger partial charge on any atom is 0.320 e. The highest BCUT2D eigenvalue weighted by molar-refractivity contribution is 5.89. The molecule has 0 rings (SSSR count). The van der Waals surface area contributed by atoms with E-state index in [1.807, 2.05) is 0 Å². The first kappa shape index (κ1) is 13.5. The van der Waals surface area contributed by atoms with Crippen LogP contribution in [-0.4, -0.2) is 40.0 Å². The maximum atomic E-state index is 11.2. The Morgan fingerprint density at radius 1 is 1.07 bits per heavy atom. The quantitative estimate of drug-likeness (QED) is 0.409. The van der Waals surface area contributed by atoms with Gasteiger partial charge in [-0.25, -0.2) is 0 Å². The van der Waals surface area contributed by atoms with Crippen molar-refractivity contribution in [3.05, 3.63) is 0 Å². The van der Waals surface area contributed by atoms with Gasteiger partial charge in [0.1, 0.15) is 6.04 Å². The molecule has 0 aliphatic carbocycles. The Bertz CT molecular complexity index is 266. The summed E-state index contributed by atoms with van der Waals surface area (Å²) in [5, 5.41) is 16.7. The van der Waals surface area contributed by atoms with E-state index >= 15 is 0 Å². The highest BCUT2D eigenvalue weighted by Crippen LogP contribution is 2.01. The molecule has 0 bridgehead atoms. The average molecular weight is 218 g/mol. The van der Waals surface area contributed by atoms with Gasteiger partial charge in [0.2, 0.25) is 0 Å². The Balaban J connectivity index is 3.99. The molecule has 0 radical (unpaired) electrons. The fraction of sp³-hybridized carbons (Fsp3) is 0.625. The van der Waals surface area contributed by atoms with E-state index in [0.717, 1.165) is 0 Å². The van der Waals surface area contributed by atoms with Crippen LogP contribution in [0, 0.1) is 0 Å². The van der Waals surface area contributed by atoms with Gasteiger partial charge in [0.25, 0.3) is 0 Å². The van der Waals surface area contributed by atoms with Crippen LogP contribution in [0.15, 0.2) is 0 Å². The number of hydrogen-bond donors (Lipinski definition) is 4. The Hall–Kier alpha value is -1.47. The summed E-state index contributed by atoms with van der Waals surface area (Å²) in [5.41, 5.74) is 10.5. The number of hydrogen-bond acceptors (Lipinski definition) is 5. The van der Waals surface area contributed by atoms with Crippen molar-refractivity contribution in [2.75, 3.05) is 0 Å². The summed E-state index contributed by atoms with van der Waals surface area (Å²) < 4.78 is 0. The molecule has 2 atom stereocenters. The summed E-state index contributed by atoms with van der Waals surface area (Å²) in [6, 6.07) is -2.25. The van der Waals surface area contributed by atoms with Crippen LogP contribution in [0.5, 0.6) is 0 Å². The molecule has 0 fully saturated rings. The van der Waals surface area contributed by atoms with Crippen molar-refractivity contribution in [3.63, 3.8) is 0 Å². The van der Waals surface area contributed by atoms with Crippen LogP contribution >= 0.6 is 0 Å². The number of carbonyl (C=O) groups excluding carboxylic acids is 1. The summed E-state index contributed by atoms with van der Waals surface area (Å²) >= 11 is 0. The second kappa shape index (κ2) is 6.10. The third kappa shape index (κ3) is 5.76. The molecule has 6 N–H and O–H groups in total. The third-order valence-corrected chi connectivity index (χ3v) is 1.82. The van der Waals surface area contributed by atoms with Crippen LogP contribution in [0.1, 0.15) is 19.3 Å². The lowest BCUT2D eigenvalue weighted by atomic mass is 10.0. The van der Waals surface area contributed by atoms with Crippen molar-refractivity contribution in [2.24, 2.45) is 11.5 Å². The van der Waals surface area contributed by atoms with Crippen molar-refractivity contribution in [1.29, 1.82) is 0 Å². The predicted octanol–water partition coefficient (Wildman–Crippen LogP) is -1.45. The molecule has 86 valence electrons. The largest absolute Gasteiger partial charge is 0.481 e. The molecule has 0 aromatic rings. The SMILES string of the molecule is N[C@@H](CC(=O)[C@@H](N)CCC(=O)O)C(=O)O. The van der Waals surface area contributed by atoms with Gasteiger partial charge in [-0.3, -0.25) is 14.4 Å². The van der Waals surface area contributed by atoms with Gasteiger partial charge < -0.3 is 21.7 Å². The molecule has 0 heterocycles. The van der Waals surface area contributed by atoms with Crippen molar-refractivity contribution in [1.82, 2.24) is 0 Å². The molecule has 0 aliphatic rings. The smallest absolute Gasteiger partial charge is 0.320 e. The molecule has 7 heteroatoms. The van der Waals surface area contributed by atoms with Crippen LogP contribution < -0.4 is 11.5 Å². The van der Waals surface area contributed by atoms with Crippen molar-refractivity contribution in [3.8, 4) is 0 Å². The van der Waals surface area contributed by atoms with E-state index in [1.165, 1.54) is 0 Å². The van der Waals surface area contributed by atoms with Gasteiger partial charge >= 0.3 is 11.9 Å². The number of carboxylic acid groups (broad SMARTS) is 2. The second-order valence-electron chi connectivity index (χ2n) is 3.15. The third-order valence-electron chi connectivity index (χ3n) is 1.82. The minimum Gasteiger partial charge on any atom is -0.481 e. The number of carbonyl (C=O) groups is 3. The van der Waals surface area contributed by atoms with E-state index in [9.17, 15) is 14.4 Å². The molecular weight excluding hydrogens is 204 g/mol. The number of nitrogens with two attached hydrogens (primary N) is 2. The van der Waals surface area contributed by atoms with Crippen molar-refractivity contribution < 1.29 is 24.6 Å². The minimum absolute atomic E-state index is 0.0134. The Morgan fingerprint density at radius 2 is 1.60 bits per heavy atom. The first-order chi connectivity index (χ1) is 6.84. The van der Waals surface area contributed by atoms with Gasteiger partial charge in [-0.05, 0) is 6.42 Å². The van der Waals surface area contributed by atoms with Crippen LogP contribution in [0.4, 0.5) is 0 Å². The zero-order valence-corrected chi connectivity index (χ0v) is 8.05. The Kier molecular flexibility index (Phi) is 5.50. The summed E-state index contributed by atoms with van der Waals surface area (Å²) in [6.07, 6.45) is -0.619. The Labute approximate surface area is 86.0 Å². The van der Waals surface area contributed by atoms with Gasteiger partial charge in [-0.15, -0.1) is 0 Å². The summed E-state index contributed by atoms with van der Waals surface area (Å²) in [5.74, 6) is -2.87. The van der Waals surface area contributed by atoms with Crippen molar-refractivity contribution in [2.45, 2.75) is 31.3 Å². The maximum absolute atomic E-state index is 11.2. The van der Waals surface area contributed by atoms with Gasteiger partial charge in [-0.1, -0.05) is 0 Å². The molecule has 0 amide bonds. The number of rotatable bonds is 7. The highest BCUT2D eigenvalue weighted by Gasteiger charge is 2.21. The van der Waals surface area contributed by atoms with Gasteiger partial charge in [0, 0.05) is 12.8 Å². The Morgan fingerprint density at radius 3 is 2.00 bits per heavy atom. The number of ketones is 1. The molecule has 7 nitrogen and oxygen atoms in total. The molecule has 0 saturated heterocycles. The zero-order chi connectivity index (χ0) is 12.0. The van der Waals surface area contributed by atoms with E-state index in [1.54, 1.807) is 0 Å².